The normalized spacial score (nSPS) is 12.1. The van der Waals surface area contributed by atoms with Gasteiger partial charge < -0.3 is 8.98 Å². The third-order valence-electron chi connectivity index (χ3n) is 5.05. The van der Waals surface area contributed by atoms with Crippen molar-refractivity contribution in [3.63, 3.8) is 0 Å². The Labute approximate surface area is 165 Å². The number of rotatable bonds is 6. The molecule has 0 aliphatic heterocycles. The summed E-state index contributed by atoms with van der Waals surface area (Å²) < 4.78 is 36.4. The molecule has 8 heteroatoms. The molecular weight excluding hydrogens is 376 g/mol. The summed E-state index contributed by atoms with van der Waals surface area (Å²) in [5.41, 5.74) is 3.93. The van der Waals surface area contributed by atoms with Crippen molar-refractivity contribution in [3.8, 4) is 11.5 Å². The van der Waals surface area contributed by atoms with Crippen molar-refractivity contribution in [2.24, 2.45) is 7.05 Å². The number of aromatic nitrogens is 3. The maximum Gasteiger partial charge on any atom is 0.250 e. The van der Waals surface area contributed by atoms with Crippen LogP contribution in [0.2, 0.25) is 0 Å². The first-order chi connectivity index (χ1) is 13.1. The highest BCUT2D eigenvalue weighted by atomic mass is 32.2. The Morgan fingerprint density at radius 2 is 1.71 bits per heavy atom. The molecule has 1 N–H and O–H groups in total. The van der Waals surface area contributed by atoms with Crippen molar-refractivity contribution in [2.75, 3.05) is 0 Å². The highest BCUT2D eigenvalue weighted by Crippen LogP contribution is 2.34. The third-order valence-corrected chi connectivity index (χ3v) is 6.61. The van der Waals surface area contributed by atoms with Gasteiger partial charge in [-0.15, -0.1) is 10.2 Å². The van der Waals surface area contributed by atoms with Gasteiger partial charge in [0.2, 0.25) is 15.9 Å². The van der Waals surface area contributed by atoms with E-state index in [-0.39, 0.29) is 17.3 Å². The molecule has 2 aromatic heterocycles. The molecule has 7 nitrogen and oxygen atoms in total. The SMILES string of the molecule is Cc1nnc(-c2c(S(=O)(=O)NCc3ccc(C(C)C)cc3)c(C)n(C)c2C)o1. The van der Waals surface area contributed by atoms with E-state index in [1.807, 2.05) is 42.8 Å². The highest BCUT2D eigenvalue weighted by Gasteiger charge is 2.30. The van der Waals surface area contributed by atoms with Crippen LogP contribution in [0.5, 0.6) is 0 Å². The standard InChI is InChI=1S/C20H26N4O3S/c1-12(2)17-9-7-16(8-10-17)11-21-28(25,26)19-14(4)24(6)13(3)18(19)20-23-22-15(5)27-20/h7-10,12,21H,11H2,1-6H3. The minimum absolute atomic E-state index is 0.176. The van der Waals surface area contributed by atoms with E-state index in [4.69, 9.17) is 4.42 Å². The summed E-state index contributed by atoms with van der Waals surface area (Å²) in [5, 5.41) is 7.87. The van der Waals surface area contributed by atoms with E-state index in [0.717, 1.165) is 11.3 Å². The van der Waals surface area contributed by atoms with E-state index >= 15 is 0 Å². The first-order valence-electron chi connectivity index (χ1n) is 9.16. The van der Waals surface area contributed by atoms with Crippen LogP contribution in [-0.4, -0.2) is 23.2 Å². The molecule has 0 bridgehead atoms. The van der Waals surface area contributed by atoms with Crippen LogP contribution >= 0.6 is 0 Å². The zero-order chi connectivity index (χ0) is 20.6. The van der Waals surface area contributed by atoms with Gasteiger partial charge in [-0.1, -0.05) is 38.1 Å². The second-order valence-corrected chi connectivity index (χ2v) is 8.98. The molecule has 0 fully saturated rings. The zero-order valence-electron chi connectivity index (χ0n) is 17.1. The quantitative estimate of drug-likeness (QED) is 0.680. The number of sulfonamides is 1. The van der Waals surface area contributed by atoms with Crippen LogP contribution in [0.1, 0.15) is 48.2 Å². The summed E-state index contributed by atoms with van der Waals surface area (Å²) in [4.78, 5) is 0.176. The average molecular weight is 403 g/mol. The topological polar surface area (TPSA) is 90.0 Å². The molecule has 3 aromatic rings. The number of aryl methyl sites for hydroxylation is 1. The maximum atomic E-state index is 13.2. The molecular formula is C20H26N4O3S. The lowest BCUT2D eigenvalue weighted by Crippen LogP contribution is -2.24. The summed E-state index contributed by atoms with van der Waals surface area (Å²) in [5.74, 6) is 1.03. The summed E-state index contributed by atoms with van der Waals surface area (Å²) in [6, 6.07) is 7.95. The first kappa shape index (κ1) is 20.3. The molecule has 0 radical (unpaired) electrons. The molecule has 28 heavy (non-hydrogen) atoms. The Bertz CT molecular complexity index is 1090. The third kappa shape index (κ3) is 3.74. The molecule has 0 unspecified atom stereocenters. The van der Waals surface area contributed by atoms with Gasteiger partial charge in [0.1, 0.15) is 4.90 Å². The zero-order valence-corrected chi connectivity index (χ0v) is 17.9. The van der Waals surface area contributed by atoms with E-state index in [9.17, 15) is 8.42 Å². The van der Waals surface area contributed by atoms with Crippen LogP contribution in [0.15, 0.2) is 33.6 Å². The van der Waals surface area contributed by atoms with Gasteiger partial charge in [-0.2, -0.15) is 0 Å². The fourth-order valence-corrected chi connectivity index (χ4v) is 4.70. The van der Waals surface area contributed by atoms with Crippen LogP contribution in [0.25, 0.3) is 11.5 Å². The van der Waals surface area contributed by atoms with Crippen LogP contribution in [-0.2, 0) is 23.6 Å². The van der Waals surface area contributed by atoms with Crippen molar-refractivity contribution < 1.29 is 12.8 Å². The number of benzene rings is 1. The second-order valence-electron chi connectivity index (χ2n) is 7.28. The van der Waals surface area contributed by atoms with Gasteiger partial charge in [-0.05, 0) is 30.9 Å². The molecule has 1 aromatic carbocycles. The molecule has 150 valence electrons. The Kier molecular flexibility index (Phi) is 5.45. The summed E-state index contributed by atoms with van der Waals surface area (Å²) in [7, 11) is -1.96. The predicted octanol–water partition coefficient (Wildman–Crippen LogP) is 3.60. The summed E-state index contributed by atoms with van der Waals surface area (Å²) in [6.07, 6.45) is 0. The monoisotopic (exact) mass is 402 g/mol. The minimum atomic E-state index is -3.79. The molecule has 0 atom stereocenters. The Hall–Kier alpha value is -2.45. The fraction of sp³-hybridized carbons (Fsp3) is 0.400. The molecule has 2 heterocycles. The Morgan fingerprint density at radius 1 is 1.07 bits per heavy atom. The first-order valence-corrected chi connectivity index (χ1v) is 10.6. The van der Waals surface area contributed by atoms with Crippen LogP contribution in [0, 0.1) is 20.8 Å². The molecule has 0 aliphatic carbocycles. The van der Waals surface area contributed by atoms with Gasteiger partial charge in [0, 0.05) is 31.9 Å². The van der Waals surface area contributed by atoms with Gasteiger partial charge in [0.25, 0.3) is 5.89 Å². The number of hydrogen-bond donors (Lipinski definition) is 1. The lowest BCUT2D eigenvalue weighted by atomic mass is 10.0. The van der Waals surface area contributed by atoms with Crippen LogP contribution < -0.4 is 4.72 Å². The van der Waals surface area contributed by atoms with Gasteiger partial charge in [0.05, 0.1) is 5.56 Å². The van der Waals surface area contributed by atoms with E-state index in [2.05, 4.69) is 28.8 Å². The van der Waals surface area contributed by atoms with Crippen molar-refractivity contribution in [1.82, 2.24) is 19.5 Å². The number of nitrogens with zero attached hydrogens (tertiary/aromatic N) is 3. The Balaban J connectivity index is 1.94. The number of hydrogen-bond acceptors (Lipinski definition) is 5. The molecule has 3 rings (SSSR count). The predicted molar refractivity (Wildman–Crippen MR) is 107 cm³/mol. The molecule has 0 aliphatic rings. The molecule has 0 spiro atoms. The van der Waals surface area contributed by atoms with E-state index in [1.165, 1.54) is 5.56 Å². The maximum absolute atomic E-state index is 13.2. The molecule has 0 amide bonds. The van der Waals surface area contributed by atoms with Gasteiger partial charge in [-0.3, -0.25) is 0 Å². The average Bonchev–Trinajstić information content (AvgIpc) is 3.17. The lowest BCUT2D eigenvalue weighted by Gasteiger charge is -2.10. The van der Waals surface area contributed by atoms with Crippen molar-refractivity contribution in [1.29, 1.82) is 0 Å². The second kappa shape index (κ2) is 7.52. The lowest BCUT2D eigenvalue weighted by molar-refractivity contribution is 0.530. The Morgan fingerprint density at radius 3 is 2.25 bits per heavy atom. The smallest absolute Gasteiger partial charge is 0.250 e. The van der Waals surface area contributed by atoms with Gasteiger partial charge in [0.15, 0.2) is 0 Å². The van der Waals surface area contributed by atoms with Crippen molar-refractivity contribution in [2.45, 2.75) is 52.0 Å². The minimum Gasteiger partial charge on any atom is -0.421 e. The number of nitrogens with one attached hydrogen (secondary N) is 1. The van der Waals surface area contributed by atoms with Crippen molar-refractivity contribution >= 4 is 10.0 Å². The largest absolute Gasteiger partial charge is 0.421 e. The van der Waals surface area contributed by atoms with Crippen LogP contribution in [0.4, 0.5) is 0 Å². The molecule has 0 saturated carbocycles. The highest BCUT2D eigenvalue weighted by molar-refractivity contribution is 7.89. The van der Waals surface area contributed by atoms with E-state index in [1.54, 1.807) is 13.8 Å². The summed E-state index contributed by atoms with van der Waals surface area (Å²) >= 11 is 0. The molecule has 0 saturated heterocycles. The van der Waals surface area contributed by atoms with Crippen LogP contribution in [0.3, 0.4) is 0 Å². The summed E-state index contributed by atoms with van der Waals surface area (Å²) in [6.45, 7) is 9.74. The van der Waals surface area contributed by atoms with E-state index in [0.29, 0.717) is 23.1 Å². The van der Waals surface area contributed by atoms with E-state index < -0.39 is 10.0 Å². The van der Waals surface area contributed by atoms with Crippen molar-refractivity contribution in [3.05, 3.63) is 52.7 Å². The van der Waals surface area contributed by atoms with Gasteiger partial charge in [-0.25, -0.2) is 13.1 Å². The fourth-order valence-electron chi connectivity index (χ4n) is 3.17. The van der Waals surface area contributed by atoms with Gasteiger partial charge >= 0.3 is 0 Å².